The van der Waals surface area contributed by atoms with Crippen molar-refractivity contribution >= 4 is 17.6 Å². The average molecular weight is 337 g/mol. The summed E-state index contributed by atoms with van der Waals surface area (Å²) in [5.41, 5.74) is 3.32. The third-order valence-electron chi connectivity index (χ3n) is 3.69. The molecule has 2 heterocycles. The Hall–Kier alpha value is -3.22. The monoisotopic (exact) mass is 337 g/mol. The lowest BCUT2D eigenvalue weighted by Crippen LogP contribution is -2.09. The third-order valence-corrected chi connectivity index (χ3v) is 3.69. The minimum absolute atomic E-state index is 0.304. The van der Waals surface area contributed by atoms with Crippen molar-refractivity contribution in [2.24, 2.45) is 7.05 Å². The molecule has 25 heavy (non-hydrogen) atoms. The number of rotatable bonds is 5. The molecule has 0 radical (unpaired) electrons. The van der Waals surface area contributed by atoms with Crippen LogP contribution in [0.25, 0.3) is 11.3 Å². The van der Waals surface area contributed by atoms with Gasteiger partial charge in [0.05, 0.1) is 18.5 Å². The van der Waals surface area contributed by atoms with Crippen molar-refractivity contribution in [3.8, 4) is 11.3 Å². The van der Waals surface area contributed by atoms with E-state index < -0.39 is 5.97 Å². The van der Waals surface area contributed by atoms with Gasteiger partial charge in [-0.05, 0) is 26.0 Å². The van der Waals surface area contributed by atoms with Crippen LogP contribution in [0.3, 0.4) is 0 Å². The maximum atomic E-state index is 12.0. The predicted molar refractivity (Wildman–Crippen MR) is 94.7 cm³/mol. The second-order valence-corrected chi connectivity index (χ2v) is 5.55. The number of carbonyl (C=O) groups is 1. The molecule has 0 bridgehead atoms. The van der Waals surface area contributed by atoms with E-state index in [9.17, 15) is 4.79 Å². The molecular weight excluding hydrogens is 318 g/mol. The molecule has 1 aromatic carbocycles. The maximum Gasteiger partial charge on any atom is 0.343 e. The summed E-state index contributed by atoms with van der Waals surface area (Å²) in [5, 5.41) is 15.6. The summed E-state index contributed by atoms with van der Waals surface area (Å²) in [6.45, 7) is 4.10. The highest BCUT2D eigenvalue weighted by molar-refractivity contribution is 5.95. The van der Waals surface area contributed by atoms with Gasteiger partial charge in [0.15, 0.2) is 5.82 Å². The van der Waals surface area contributed by atoms with Gasteiger partial charge in [0.1, 0.15) is 11.4 Å². The number of aromatic nitrogens is 4. The van der Waals surface area contributed by atoms with E-state index in [4.69, 9.17) is 4.74 Å². The van der Waals surface area contributed by atoms with E-state index in [0.717, 1.165) is 11.3 Å². The van der Waals surface area contributed by atoms with Gasteiger partial charge in [-0.2, -0.15) is 5.10 Å². The predicted octanol–water partition coefficient (Wildman–Crippen LogP) is 3.11. The maximum absolute atomic E-state index is 12.0. The molecule has 1 N–H and O–H groups in total. The zero-order valence-electron chi connectivity index (χ0n) is 14.4. The van der Waals surface area contributed by atoms with Crippen LogP contribution in [0, 0.1) is 6.92 Å². The first-order valence-electron chi connectivity index (χ1n) is 7.95. The first-order chi connectivity index (χ1) is 12.1. The lowest BCUT2D eigenvalue weighted by atomic mass is 10.1. The minimum atomic E-state index is -0.428. The zero-order chi connectivity index (χ0) is 17.8. The average Bonchev–Trinajstić information content (AvgIpc) is 2.97. The van der Waals surface area contributed by atoms with E-state index in [-0.39, 0.29) is 0 Å². The first kappa shape index (κ1) is 16.6. The van der Waals surface area contributed by atoms with E-state index in [1.807, 2.05) is 43.3 Å². The zero-order valence-corrected chi connectivity index (χ0v) is 14.4. The second-order valence-electron chi connectivity index (χ2n) is 5.55. The fraction of sp³-hybridized carbons (Fsp3) is 0.222. The molecule has 128 valence electrons. The van der Waals surface area contributed by atoms with E-state index in [1.165, 1.54) is 11.8 Å². The number of esters is 1. The topological polar surface area (TPSA) is 81.9 Å². The second kappa shape index (κ2) is 7.12. The molecule has 7 heteroatoms. The summed E-state index contributed by atoms with van der Waals surface area (Å²) in [5.74, 6) is 0.600. The number of ether oxygens (including phenoxy) is 1. The van der Waals surface area contributed by atoms with E-state index >= 15 is 0 Å². The van der Waals surface area contributed by atoms with Gasteiger partial charge in [0, 0.05) is 12.6 Å². The summed E-state index contributed by atoms with van der Waals surface area (Å²) < 4.78 is 6.60. The first-order valence-corrected chi connectivity index (χ1v) is 7.95. The van der Waals surface area contributed by atoms with Crippen molar-refractivity contribution in [1.82, 2.24) is 20.0 Å². The summed E-state index contributed by atoms with van der Waals surface area (Å²) in [4.78, 5) is 12.0. The smallest absolute Gasteiger partial charge is 0.343 e. The van der Waals surface area contributed by atoms with Gasteiger partial charge in [-0.1, -0.05) is 29.8 Å². The lowest BCUT2D eigenvalue weighted by Gasteiger charge is -2.08. The summed E-state index contributed by atoms with van der Waals surface area (Å²) >= 11 is 0. The number of anilines is 2. The molecule has 3 rings (SSSR count). The molecule has 0 saturated carbocycles. The largest absolute Gasteiger partial charge is 0.462 e. The highest BCUT2D eigenvalue weighted by atomic mass is 16.5. The molecule has 0 unspecified atom stereocenters. The lowest BCUT2D eigenvalue weighted by molar-refractivity contribution is 0.0527. The Morgan fingerprint density at radius 3 is 2.56 bits per heavy atom. The van der Waals surface area contributed by atoms with Crippen LogP contribution in [-0.4, -0.2) is 32.6 Å². The number of carbonyl (C=O) groups excluding carboxylic acids is 1. The van der Waals surface area contributed by atoms with Gasteiger partial charge >= 0.3 is 5.97 Å². The van der Waals surface area contributed by atoms with Crippen LogP contribution in [0.4, 0.5) is 11.6 Å². The molecule has 0 amide bonds. The fourth-order valence-electron chi connectivity index (χ4n) is 2.34. The summed E-state index contributed by atoms with van der Waals surface area (Å²) in [6.07, 6.45) is 1.47. The molecule has 0 saturated heterocycles. The van der Waals surface area contributed by atoms with Crippen LogP contribution < -0.4 is 5.32 Å². The highest BCUT2D eigenvalue weighted by Gasteiger charge is 2.17. The SMILES string of the molecule is CCOC(=O)c1cnn(C)c1Nc1ccc(-c2ccc(C)cc2)nn1. The van der Waals surface area contributed by atoms with E-state index in [1.54, 1.807) is 18.7 Å². The van der Waals surface area contributed by atoms with Crippen LogP contribution >= 0.6 is 0 Å². The highest BCUT2D eigenvalue weighted by Crippen LogP contribution is 2.22. The molecule has 0 fully saturated rings. The Morgan fingerprint density at radius 1 is 1.16 bits per heavy atom. The van der Waals surface area contributed by atoms with Crippen LogP contribution in [-0.2, 0) is 11.8 Å². The Kier molecular flexibility index (Phi) is 4.74. The van der Waals surface area contributed by atoms with Crippen molar-refractivity contribution in [3.05, 3.63) is 53.7 Å². The summed E-state index contributed by atoms with van der Waals surface area (Å²) in [6, 6.07) is 11.8. The normalized spacial score (nSPS) is 10.5. The summed E-state index contributed by atoms with van der Waals surface area (Å²) in [7, 11) is 1.74. The number of hydrogen-bond donors (Lipinski definition) is 1. The molecular formula is C18H19N5O2. The number of aryl methyl sites for hydroxylation is 2. The molecule has 0 aliphatic heterocycles. The minimum Gasteiger partial charge on any atom is -0.462 e. The Bertz CT molecular complexity index is 869. The van der Waals surface area contributed by atoms with Crippen molar-refractivity contribution in [2.45, 2.75) is 13.8 Å². The third kappa shape index (κ3) is 3.65. The molecule has 7 nitrogen and oxygen atoms in total. The van der Waals surface area contributed by atoms with Gasteiger partial charge in [0.2, 0.25) is 0 Å². The van der Waals surface area contributed by atoms with Gasteiger partial charge in [-0.15, -0.1) is 10.2 Å². The molecule has 3 aromatic rings. The van der Waals surface area contributed by atoms with Gasteiger partial charge in [0.25, 0.3) is 0 Å². The molecule has 2 aromatic heterocycles. The quantitative estimate of drug-likeness (QED) is 0.721. The Morgan fingerprint density at radius 2 is 1.92 bits per heavy atom. The van der Waals surface area contributed by atoms with Crippen LogP contribution in [0.1, 0.15) is 22.8 Å². The van der Waals surface area contributed by atoms with Crippen LogP contribution in [0.5, 0.6) is 0 Å². The molecule has 0 spiro atoms. The molecule has 0 aliphatic carbocycles. The van der Waals surface area contributed by atoms with Crippen LogP contribution in [0.15, 0.2) is 42.6 Å². The molecule has 0 atom stereocenters. The standard InChI is InChI=1S/C18H19N5O2/c1-4-25-18(24)14-11-19-23(3)17(14)20-16-10-9-15(21-22-16)13-7-5-12(2)6-8-13/h5-11H,4H2,1-3H3,(H,20,22). The van der Waals surface area contributed by atoms with E-state index in [2.05, 4.69) is 20.6 Å². The number of hydrogen-bond acceptors (Lipinski definition) is 6. The van der Waals surface area contributed by atoms with E-state index in [0.29, 0.717) is 23.8 Å². The van der Waals surface area contributed by atoms with Crippen molar-refractivity contribution in [2.75, 3.05) is 11.9 Å². The fourth-order valence-corrected chi connectivity index (χ4v) is 2.34. The number of nitrogens with zero attached hydrogens (tertiary/aromatic N) is 4. The van der Waals surface area contributed by atoms with Gasteiger partial charge in [-0.25, -0.2) is 4.79 Å². The van der Waals surface area contributed by atoms with Gasteiger partial charge in [-0.3, -0.25) is 4.68 Å². The Labute approximate surface area is 145 Å². The van der Waals surface area contributed by atoms with Crippen LogP contribution in [0.2, 0.25) is 0 Å². The number of nitrogens with one attached hydrogen (secondary N) is 1. The van der Waals surface area contributed by atoms with Crippen molar-refractivity contribution in [1.29, 1.82) is 0 Å². The Balaban J connectivity index is 1.81. The van der Waals surface area contributed by atoms with Crippen molar-refractivity contribution < 1.29 is 9.53 Å². The van der Waals surface area contributed by atoms with Gasteiger partial charge < -0.3 is 10.1 Å². The molecule has 0 aliphatic rings. The van der Waals surface area contributed by atoms with Crippen molar-refractivity contribution in [3.63, 3.8) is 0 Å². The number of benzene rings is 1.